The maximum absolute atomic E-state index is 13.0. The largest absolute Gasteiger partial charge is 0.432 e. The van der Waals surface area contributed by atoms with Gasteiger partial charge in [-0.2, -0.15) is 0 Å². The first-order chi connectivity index (χ1) is 9.47. The Bertz CT molecular complexity index is 646. The Kier molecular flexibility index (Phi) is 3.90. The van der Waals surface area contributed by atoms with Crippen molar-refractivity contribution in [3.8, 4) is 11.6 Å². The van der Waals surface area contributed by atoms with Gasteiger partial charge in [0.15, 0.2) is 0 Å². The zero-order valence-electron chi connectivity index (χ0n) is 10.5. The van der Waals surface area contributed by atoms with Gasteiger partial charge in [0.2, 0.25) is 11.6 Å². The Hall–Kier alpha value is -2.54. The number of aliphatic hydroxyl groups is 1. The van der Waals surface area contributed by atoms with Crippen molar-refractivity contribution in [2.75, 3.05) is 0 Å². The second-order valence-electron chi connectivity index (χ2n) is 4.07. The summed E-state index contributed by atoms with van der Waals surface area (Å²) < 4.78 is 18.3. The van der Waals surface area contributed by atoms with Gasteiger partial charge in [-0.1, -0.05) is 0 Å². The number of rotatable bonds is 4. The Labute approximate surface area is 113 Å². The van der Waals surface area contributed by atoms with Crippen LogP contribution in [0.15, 0.2) is 36.5 Å². The highest BCUT2D eigenvalue weighted by Crippen LogP contribution is 2.31. The van der Waals surface area contributed by atoms with Crippen molar-refractivity contribution in [3.05, 3.63) is 58.0 Å². The van der Waals surface area contributed by atoms with Crippen molar-refractivity contribution >= 4 is 5.69 Å². The van der Waals surface area contributed by atoms with Crippen LogP contribution in [0.5, 0.6) is 11.6 Å². The van der Waals surface area contributed by atoms with Crippen molar-refractivity contribution in [2.24, 2.45) is 0 Å². The van der Waals surface area contributed by atoms with E-state index in [0.29, 0.717) is 5.56 Å². The van der Waals surface area contributed by atoms with Crippen LogP contribution in [-0.2, 0) is 0 Å². The predicted molar refractivity (Wildman–Crippen MR) is 68.0 cm³/mol. The molecule has 0 bridgehead atoms. The van der Waals surface area contributed by atoms with E-state index in [1.165, 1.54) is 12.3 Å². The van der Waals surface area contributed by atoms with E-state index in [0.717, 1.165) is 18.2 Å². The Morgan fingerprint density at radius 1 is 1.40 bits per heavy atom. The molecular formula is C13H11FN2O4. The third-order valence-electron chi connectivity index (χ3n) is 2.57. The summed E-state index contributed by atoms with van der Waals surface area (Å²) in [6.07, 6.45) is 0.691. The summed E-state index contributed by atoms with van der Waals surface area (Å²) in [7, 11) is 0. The third kappa shape index (κ3) is 3.07. The van der Waals surface area contributed by atoms with Gasteiger partial charge in [-0.05, 0) is 30.7 Å². The number of nitrogens with zero attached hydrogens (tertiary/aromatic N) is 2. The van der Waals surface area contributed by atoms with Crippen LogP contribution in [0.3, 0.4) is 0 Å². The van der Waals surface area contributed by atoms with Gasteiger partial charge in [-0.25, -0.2) is 9.37 Å². The first-order valence-electron chi connectivity index (χ1n) is 5.73. The number of halogens is 1. The van der Waals surface area contributed by atoms with Crippen molar-refractivity contribution in [1.29, 1.82) is 0 Å². The molecular weight excluding hydrogens is 267 g/mol. The molecule has 0 aliphatic rings. The zero-order chi connectivity index (χ0) is 14.7. The van der Waals surface area contributed by atoms with E-state index in [2.05, 4.69) is 4.98 Å². The van der Waals surface area contributed by atoms with Gasteiger partial charge in [0.25, 0.3) is 0 Å². The number of aliphatic hydroxyl groups excluding tert-OH is 1. The highest BCUT2D eigenvalue weighted by molar-refractivity contribution is 5.48. The molecule has 0 amide bonds. The lowest BCUT2D eigenvalue weighted by atomic mass is 10.2. The molecule has 0 aliphatic heterocycles. The van der Waals surface area contributed by atoms with Crippen LogP contribution in [0.2, 0.25) is 0 Å². The Balaban J connectivity index is 2.35. The van der Waals surface area contributed by atoms with E-state index >= 15 is 0 Å². The SMILES string of the molecule is CC(O)c1ccnc(Oc2ccc(F)cc2[N+](=O)[O-])c1. The fourth-order valence-corrected chi connectivity index (χ4v) is 1.57. The average molecular weight is 278 g/mol. The summed E-state index contributed by atoms with van der Waals surface area (Å²) >= 11 is 0. The first-order valence-corrected chi connectivity index (χ1v) is 5.73. The molecule has 0 radical (unpaired) electrons. The lowest BCUT2D eigenvalue weighted by molar-refractivity contribution is -0.385. The quantitative estimate of drug-likeness (QED) is 0.686. The number of ether oxygens (including phenoxy) is 1. The molecule has 1 atom stereocenters. The summed E-state index contributed by atoms with van der Waals surface area (Å²) in [5.41, 5.74) is 0.0639. The van der Waals surface area contributed by atoms with E-state index in [9.17, 15) is 19.6 Å². The lowest BCUT2D eigenvalue weighted by Gasteiger charge is -2.08. The zero-order valence-corrected chi connectivity index (χ0v) is 10.5. The Morgan fingerprint density at radius 2 is 2.15 bits per heavy atom. The van der Waals surface area contributed by atoms with Gasteiger partial charge in [-0.3, -0.25) is 10.1 Å². The monoisotopic (exact) mass is 278 g/mol. The topological polar surface area (TPSA) is 85.5 Å². The van der Waals surface area contributed by atoms with Gasteiger partial charge in [-0.15, -0.1) is 0 Å². The minimum absolute atomic E-state index is 0.0816. The van der Waals surface area contributed by atoms with Crippen LogP contribution in [-0.4, -0.2) is 15.0 Å². The van der Waals surface area contributed by atoms with Gasteiger partial charge < -0.3 is 9.84 Å². The molecule has 1 unspecified atom stereocenters. The molecule has 1 heterocycles. The highest BCUT2D eigenvalue weighted by atomic mass is 19.1. The molecule has 0 spiro atoms. The van der Waals surface area contributed by atoms with E-state index in [1.54, 1.807) is 13.0 Å². The molecule has 2 aromatic rings. The van der Waals surface area contributed by atoms with Crippen molar-refractivity contribution in [1.82, 2.24) is 4.98 Å². The van der Waals surface area contributed by atoms with Crippen LogP contribution in [0.25, 0.3) is 0 Å². The van der Waals surface area contributed by atoms with Crippen LogP contribution >= 0.6 is 0 Å². The number of nitro groups is 1. The molecule has 0 saturated heterocycles. The highest BCUT2D eigenvalue weighted by Gasteiger charge is 2.17. The second kappa shape index (κ2) is 5.62. The van der Waals surface area contributed by atoms with E-state index < -0.39 is 22.5 Å². The molecule has 1 N–H and O–H groups in total. The molecule has 2 rings (SSSR count). The van der Waals surface area contributed by atoms with Gasteiger partial charge in [0.1, 0.15) is 5.82 Å². The van der Waals surface area contributed by atoms with E-state index in [-0.39, 0.29) is 11.6 Å². The van der Waals surface area contributed by atoms with Gasteiger partial charge in [0, 0.05) is 12.3 Å². The molecule has 1 aromatic heterocycles. The fraction of sp³-hybridized carbons (Fsp3) is 0.154. The number of hydrogen-bond acceptors (Lipinski definition) is 5. The van der Waals surface area contributed by atoms with E-state index in [1.807, 2.05) is 0 Å². The van der Waals surface area contributed by atoms with Gasteiger partial charge >= 0.3 is 5.69 Å². The summed E-state index contributed by atoms with van der Waals surface area (Å²) in [6, 6.07) is 6.03. The molecule has 0 saturated carbocycles. The van der Waals surface area contributed by atoms with Crippen molar-refractivity contribution in [3.63, 3.8) is 0 Å². The second-order valence-corrected chi connectivity index (χ2v) is 4.07. The molecule has 104 valence electrons. The fourth-order valence-electron chi connectivity index (χ4n) is 1.57. The summed E-state index contributed by atoms with van der Waals surface area (Å²) in [5, 5.41) is 20.3. The van der Waals surface area contributed by atoms with E-state index in [4.69, 9.17) is 4.74 Å². The minimum atomic E-state index is -0.739. The third-order valence-corrected chi connectivity index (χ3v) is 2.57. The summed E-state index contributed by atoms with van der Waals surface area (Å²) in [4.78, 5) is 14.0. The number of benzene rings is 1. The average Bonchev–Trinajstić information content (AvgIpc) is 2.41. The maximum atomic E-state index is 13.0. The molecule has 1 aromatic carbocycles. The number of hydrogen-bond donors (Lipinski definition) is 1. The van der Waals surface area contributed by atoms with Crippen LogP contribution in [0, 0.1) is 15.9 Å². The first kappa shape index (κ1) is 13.9. The maximum Gasteiger partial charge on any atom is 0.314 e. The van der Waals surface area contributed by atoms with Crippen LogP contribution in [0.1, 0.15) is 18.6 Å². The standard InChI is InChI=1S/C13H11FN2O4/c1-8(17)9-4-5-15-13(6-9)20-12-3-2-10(14)7-11(12)16(18)19/h2-8,17H,1H3. The predicted octanol–water partition coefficient (Wildman–Crippen LogP) is 2.97. The molecule has 0 aliphatic carbocycles. The minimum Gasteiger partial charge on any atom is -0.432 e. The summed E-state index contributed by atoms with van der Waals surface area (Å²) in [5.74, 6) is -0.764. The van der Waals surface area contributed by atoms with Crippen LogP contribution < -0.4 is 4.74 Å². The number of aromatic nitrogens is 1. The molecule has 7 heteroatoms. The molecule has 0 fully saturated rings. The Morgan fingerprint density at radius 3 is 2.80 bits per heavy atom. The molecule has 20 heavy (non-hydrogen) atoms. The lowest BCUT2D eigenvalue weighted by Crippen LogP contribution is -1.97. The normalized spacial score (nSPS) is 11.9. The smallest absolute Gasteiger partial charge is 0.314 e. The van der Waals surface area contributed by atoms with Crippen LogP contribution in [0.4, 0.5) is 10.1 Å². The van der Waals surface area contributed by atoms with Crippen molar-refractivity contribution in [2.45, 2.75) is 13.0 Å². The summed E-state index contributed by atoms with van der Waals surface area (Å²) in [6.45, 7) is 1.57. The molecule has 6 nitrogen and oxygen atoms in total. The number of nitro benzene ring substituents is 1. The number of pyridine rings is 1. The van der Waals surface area contributed by atoms with Crippen molar-refractivity contribution < 1.29 is 19.2 Å². The van der Waals surface area contributed by atoms with Gasteiger partial charge in [0.05, 0.1) is 17.1 Å².